The van der Waals surface area contributed by atoms with Crippen molar-refractivity contribution in [2.45, 2.75) is 75.9 Å². The number of imidazole rings is 2. The standard InChI is InChI=1S/C40H46N8O8/c1-24(49)34(45-40(53)56-4)38(51)46-19-5-7-32(46)36-41-21-30(43-36)28-15-11-26(12-16-28)9-10-27-13-17-29(18-14-27)31-22-42-37(44-31)33-8-6-20-47(33)39(52)35(25(2)50)48(54)23-55-3/h11-18,21-22,24-25,32-35,49-50H,5-8,19-20,23H2,1-4H3,(H2-,41,42,43,44,45,53)/p+1. The van der Waals surface area contributed by atoms with E-state index in [0.29, 0.717) is 42.3 Å². The fourth-order valence-corrected chi connectivity index (χ4v) is 7.25. The molecule has 4 aromatic rings. The van der Waals surface area contributed by atoms with Gasteiger partial charge in [-0.1, -0.05) is 36.1 Å². The smallest absolute Gasteiger partial charge is 0.407 e. The summed E-state index contributed by atoms with van der Waals surface area (Å²) < 4.78 is 9.99. The highest BCUT2D eigenvalue weighted by molar-refractivity contribution is 5.87. The highest BCUT2D eigenvalue weighted by Gasteiger charge is 2.45. The molecule has 16 heteroatoms. The lowest BCUT2D eigenvalue weighted by Crippen LogP contribution is -2.53. The first kappa shape index (κ1) is 39.8. The summed E-state index contributed by atoms with van der Waals surface area (Å²) in [6.07, 6.45) is 3.24. The van der Waals surface area contributed by atoms with Crippen LogP contribution < -0.4 is 5.32 Å². The molecule has 0 saturated carbocycles. The van der Waals surface area contributed by atoms with Crippen molar-refractivity contribution in [2.24, 2.45) is 0 Å². The molecule has 2 aromatic carbocycles. The zero-order chi connectivity index (χ0) is 39.9. The number of aromatic nitrogens is 4. The van der Waals surface area contributed by atoms with Gasteiger partial charge in [0.15, 0.2) is 0 Å². The largest absolute Gasteiger partial charge is 0.453 e. The van der Waals surface area contributed by atoms with Gasteiger partial charge in [-0.2, -0.15) is 0 Å². The van der Waals surface area contributed by atoms with Crippen LogP contribution in [0.2, 0.25) is 0 Å². The monoisotopic (exact) mass is 767 g/mol. The molecule has 294 valence electrons. The molecule has 2 fully saturated rings. The van der Waals surface area contributed by atoms with Gasteiger partial charge in [-0.05, 0) is 74.9 Å². The van der Waals surface area contributed by atoms with Crippen molar-refractivity contribution in [3.05, 3.63) is 88.6 Å². The minimum absolute atomic E-state index is 0.327. The maximum atomic E-state index is 13.4. The summed E-state index contributed by atoms with van der Waals surface area (Å²) in [5, 5.41) is 22.8. The number of H-pyrrole nitrogens is 2. The Labute approximate surface area is 324 Å². The summed E-state index contributed by atoms with van der Waals surface area (Å²) in [5.41, 5.74) is 4.99. The van der Waals surface area contributed by atoms with Crippen LogP contribution in [0.15, 0.2) is 60.9 Å². The van der Waals surface area contributed by atoms with Crippen LogP contribution in [0.3, 0.4) is 0 Å². The number of aliphatic hydroxyl groups is 2. The third-order valence-electron chi connectivity index (χ3n) is 10.1. The molecule has 0 bridgehead atoms. The Bertz CT molecular complexity index is 2080. The Kier molecular flexibility index (Phi) is 12.6. The van der Waals surface area contributed by atoms with E-state index in [2.05, 4.69) is 41.8 Å². The maximum absolute atomic E-state index is 13.4. The predicted octanol–water partition coefficient (Wildman–Crippen LogP) is 3.43. The first-order chi connectivity index (χ1) is 27.0. The van der Waals surface area contributed by atoms with Gasteiger partial charge in [-0.25, -0.2) is 14.8 Å². The van der Waals surface area contributed by atoms with Gasteiger partial charge in [0.25, 0.3) is 12.6 Å². The van der Waals surface area contributed by atoms with Gasteiger partial charge < -0.3 is 44.8 Å². The number of nitroso groups, excluding NO2 is 1. The molecule has 0 spiro atoms. The number of nitrogens with one attached hydrogen (secondary N) is 3. The van der Waals surface area contributed by atoms with Gasteiger partial charge >= 0.3 is 12.1 Å². The quantitative estimate of drug-likeness (QED) is 0.0807. The van der Waals surface area contributed by atoms with Crippen LogP contribution in [0.4, 0.5) is 4.79 Å². The first-order valence-corrected chi connectivity index (χ1v) is 18.6. The van der Waals surface area contributed by atoms with Crippen LogP contribution in [-0.4, -0.2) is 121 Å². The van der Waals surface area contributed by atoms with Crippen molar-refractivity contribution in [2.75, 3.05) is 34.0 Å². The third kappa shape index (κ3) is 8.81. The summed E-state index contributed by atoms with van der Waals surface area (Å²) >= 11 is 0. The van der Waals surface area contributed by atoms with E-state index in [1.165, 1.54) is 28.1 Å². The highest BCUT2D eigenvalue weighted by Crippen LogP contribution is 2.34. The van der Waals surface area contributed by atoms with Crippen LogP contribution in [0.1, 0.15) is 74.4 Å². The SMILES string of the molecule is COC[N+](=O)C(C(=O)N1CCCC1c1ncc(-c2ccc(C#Cc3ccc(-c4cnc(C5CCCN5C(=O)C(NC(=O)OC)C(C)O)[nH]4)cc3)cc2)[nH]1)C(C)O. The Morgan fingerprint density at radius 1 is 0.821 bits per heavy atom. The molecule has 6 unspecified atom stereocenters. The number of benzene rings is 2. The second-order valence-electron chi connectivity index (χ2n) is 14.0. The molecule has 4 heterocycles. The Morgan fingerprint density at radius 3 is 1.73 bits per heavy atom. The number of methoxy groups -OCH3 is 2. The molecule has 6 atom stereocenters. The van der Waals surface area contributed by atoms with Gasteiger partial charge in [-0.3, -0.25) is 9.59 Å². The van der Waals surface area contributed by atoms with Crippen LogP contribution in [0, 0.1) is 16.7 Å². The van der Waals surface area contributed by atoms with Crippen LogP contribution in [0.25, 0.3) is 22.5 Å². The van der Waals surface area contributed by atoms with Gasteiger partial charge in [0, 0.05) is 41.0 Å². The molecular formula is C40H47N8O8+. The number of nitrogens with zero attached hydrogens (tertiary/aromatic N) is 5. The van der Waals surface area contributed by atoms with E-state index in [1.54, 1.807) is 22.2 Å². The van der Waals surface area contributed by atoms with E-state index in [0.717, 1.165) is 46.5 Å². The van der Waals surface area contributed by atoms with E-state index < -0.39 is 42.2 Å². The number of carbonyl (C=O) groups excluding carboxylic acids is 3. The first-order valence-electron chi connectivity index (χ1n) is 18.6. The van der Waals surface area contributed by atoms with Gasteiger partial charge in [0.05, 0.1) is 49.1 Å². The zero-order valence-corrected chi connectivity index (χ0v) is 31.8. The number of aliphatic hydroxyl groups excluding tert-OH is 2. The molecule has 0 aliphatic carbocycles. The van der Waals surface area contributed by atoms with Crippen LogP contribution in [0.5, 0.6) is 0 Å². The van der Waals surface area contributed by atoms with Gasteiger partial charge in [0.1, 0.15) is 23.8 Å². The fraction of sp³-hybridized carbons (Fsp3) is 0.425. The molecule has 3 amide bonds. The molecular weight excluding hydrogens is 720 g/mol. The van der Waals surface area contributed by atoms with Crippen molar-refractivity contribution in [3.63, 3.8) is 0 Å². The molecule has 2 aliphatic heterocycles. The van der Waals surface area contributed by atoms with Crippen LogP contribution in [-0.2, 0) is 19.1 Å². The summed E-state index contributed by atoms with van der Waals surface area (Å²) in [6, 6.07) is 12.4. The van der Waals surface area contributed by atoms with E-state index >= 15 is 0 Å². The summed E-state index contributed by atoms with van der Waals surface area (Å²) in [5.74, 6) is 6.79. The second kappa shape index (κ2) is 17.7. The van der Waals surface area contributed by atoms with E-state index in [1.807, 2.05) is 48.5 Å². The van der Waals surface area contributed by atoms with Crippen molar-refractivity contribution in [1.29, 1.82) is 0 Å². The fourth-order valence-electron chi connectivity index (χ4n) is 7.25. The number of ether oxygens (including phenoxy) is 2. The number of rotatable bonds is 12. The van der Waals surface area contributed by atoms with E-state index in [4.69, 9.17) is 4.74 Å². The van der Waals surface area contributed by atoms with Crippen molar-refractivity contribution < 1.29 is 38.8 Å². The molecule has 2 saturated heterocycles. The van der Waals surface area contributed by atoms with Gasteiger partial charge in [0.2, 0.25) is 5.91 Å². The summed E-state index contributed by atoms with van der Waals surface area (Å²) in [4.78, 5) is 70.0. The van der Waals surface area contributed by atoms with E-state index in [9.17, 15) is 29.5 Å². The minimum Gasteiger partial charge on any atom is -0.453 e. The number of amides is 3. The Balaban J connectivity index is 1.08. The highest BCUT2D eigenvalue weighted by atomic mass is 16.5. The lowest BCUT2D eigenvalue weighted by molar-refractivity contribution is -0.614. The average Bonchev–Trinajstić information content (AvgIpc) is 4.03. The normalized spacial score (nSPS) is 18.8. The Hall–Kier alpha value is -5.89. The Morgan fingerprint density at radius 2 is 1.30 bits per heavy atom. The minimum atomic E-state index is -1.27. The van der Waals surface area contributed by atoms with Crippen LogP contribution >= 0.6 is 0 Å². The lowest BCUT2D eigenvalue weighted by atomic mass is 10.1. The maximum Gasteiger partial charge on any atom is 0.407 e. The van der Waals surface area contributed by atoms with Gasteiger partial charge in [-0.15, -0.1) is 0 Å². The van der Waals surface area contributed by atoms with Crippen molar-refractivity contribution >= 4 is 17.9 Å². The number of alkyl carbamates (subject to hydrolysis) is 1. The molecule has 16 nitrogen and oxygen atoms in total. The predicted molar refractivity (Wildman–Crippen MR) is 203 cm³/mol. The number of carbonyl (C=O) groups is 3. The van der Waals surface area contributed by atoms with Crippen molar-refractivity contribution in [3.8, 4) is 34.4 Å². The van der Waals surface area contributed by atoms with E-state index in [-0.39, 0.29) is 18.8 Å². The zero-order valence-electron chi connectivity index (χ0n) is 31.8. The summed E-state index contributed by atoms with van der Waals surface area (Å²) in [7, 11) is 2.56. The lowest BCUT2D eigenvalue weighted by Gasteiger charge is -2.29. The molecule has 0 radical (unpaired) electrons. The van der Waals surface area contributed by atoms with Crippen molar-refractivity contribution in [1.82, 2.24) is 35.1 Å². The number of hydrogen-bond acceptors (Lipinski definition) is 10. The summed E-state index contributed by atoms with van der Waals surface area (Å²) in [6.45, 7) is 3.47. The third-order valence-corrected chi connectivity index (χ3v) is 10.1. The molecule has 56 heavy (non-hydrogen) atoms. The number of aromatic amines is 2. The number of hydrogen-bond donors (Lipinski definition) is 5. The molecule has 5 N–H and O–H groups in total. The average molecular weight is 768 g/mol. The number of likely N-dealkylation sites (tertiary alicyclic amines) is 2. The second-order valence-corrected chi connectivity index (χ2v) is 14.0. The molecule has 2 aliphatic rings. The topological polar surface area (TPSA) is 206 Å². The molecule has 6 rings (SSSR count). The molecule has 2 aromatic heterocycles.